The molecule has 3 aromatic rings. The summed E-state index contributed by atoms with van der Waals surface area (Å²) in [6, 6.07) is 9.42. The third-order valence-corrected chi connectivity index (χ3v) is 7.27. The highest BCUT2D eigenvalue weighted by Crippen LogP contribution is 2.48. The highest BCUT2D eigenvalue weighted by atomic mass is 16.4. The maximum Gasteiger partial charge on any atom is 0.335 e. The molecule has 2 aliphatic rings. The molecule has 1 aromatic carbocycles. The van der Waals surface area contributed by atoms with E-state index in [2.05, 4.69) is 33.8 Å². The molecule has 31 heavy (non-hydrogen) atoms. The second-order valence-electron chi connectivity index (χ2n) is 10.3. The first kappa shape index (κ1) is 20.0. The van der Waals surface area contributed by atoms with Crippen molar-refractivity contribution in [3.8, 4) is 22.6 Å². The standard InChI is InChI=1S/C26H29N3O2/c1-25(2)12-13-26(3,4)23-19(25)14-17-10-11-18-20(28-29(5)22(18)21(17)27-23)15-6-8-16(9-7-15)24(30)31/h6-9,14H,10-13H2,1-5H3,(H,30,31). The fourth-order valence-corrected chi connectivity index (χ4v) is 5.22. The molecular weight excluding hydrogens is 386 g/mol. The third-order valence-electron chi connectivity index (χ3n) is 7.27. The van der Waals surface area contributed by atoms with Crippen LogP contribution in [0.15, 0.2) is 30.3 Å². The van der Waals surface area contributed by atoms with Crippen molar-refractivity contribution in [1.29, 1.82) is 0 Å². The van der Waals surface area contributed by atoms with E-state index in [0.717, 1.165) is 41.9 Å². The number of hydrogen-bond donors (Lipinski definition) is 1. The number of carboxylic acid groups (broad SMARTS) is 1. The predicted molar refractivity (Wildman–Crippen MR) is 122 cm³/mol. The van der Waals surface area contributed by atoms with Gasteiger partial charge in [-0.3, -0.25) is 9.67 Å². The Morgan fingerprint density at radius 1 is 1.00 bits per heavy atom. The SMILES string of the molecule is Cn1nc(-c2ccc(C(=O)O)cc2)c2c1-c1nc3c(cc1CC2)C(C)(C)CCC3(C)C. The van der Waals surface area contributed by atoms with Gasteiger partial charge in [-0.05, 0) is 54.4 Å². The molecule has 5 rings (SSSR count). The molecule has 0 saturated carbocycles. The summed E-state index contributed by atoms with van der Waals surface area (Å²) in [5.41, 5.74) is 9.69. The number of hydrogen-bond acceptors (Lipinski definition) is 3. The van der Waals surface area contributed by atoms with Crippen molar-refractivity contribution in [3.05, 3.63) is 58.3 Å². The van der Waals surface area contributed by atoms with Gasteiger partial charge in [0.05, 0.1) is 28.3 Å². The Morgan fingerprint density at radius 3 is 2.35 bits per heavy atom. The summed E-state index contributed by atoms with van der Waals surface area (Å²) in [7, 11) is 1.99. The van der Waals surface area contributed by atoms with Gasteiger partial charge in [-0.15, -0.1) is 0 Å². The van der Waals surface area contributed by atoms with E-state index in [1.54, 1.807) is 12.1 Å². The molecule has 2 heterocycles. The summed E-state index contributed by atoms with van der Waals surface area (Å²) in [6.45, 7) is 9.30. The van der Waals surface area contributed by atoms with Crippen molar-refractivity contribution in [2.75, 3.05) is 0 Å². The van der Waals surface area contributed by atoms with Crippen LogP contribution in [0.4, 0.5) is 0 Å². The zero-order chi connectivity index (χ0) is 22.1. The number of aromatic nitrogens is 3. The first-order chi connectivity index (χ1) is 14.6. The number of nitrogens with zero attached hydrogens (tertiary/aromatic N) is 3. The van der Waals surface area contributed by atoms with E-state index in [4.69, 9.17) is 10.1 Å². The molecule has 0 atom stereocenters. The topological polar surface area (TPSA) is 68.0 Å². The van der Waals surface area contributed by atoms with Gasteiger partial charge in [0.1, 0.15) is 0 Å². The number of fused-ring (bicyclic) bond motifs is 4. The Balaban J connectivity index is 1.67. The van der Waals surface area contributed by atoms with Crippen LogP contribution in [0.25, 0.3) is 22.6 Å². The average molecular weight is 416 g/mol. The van der Waals surface area contributed by atoms with Gasteiger partial charge in [0.25, 0.3) is 0 Å². The van der Waals surface area contributed by atoms with Crippen LogP contribution in [0, 0.1) is 0 Å². The van der Waals surface area contributed by atoms with E-state index in [1.165, 1.54) is 28.8 Å². The van der Waals surface area contributed by atoms with Crippen molar-refractivity contribution in [2.24, 2.45) is 7.05 Å². The molecule has 5 heteroatoms. The Labute approximate surface area is 183 Å². The molecule has 5 nitrogen and oxygen atoms in total. The van der Waals surface area contributed by atoms with Crippen LogP contribution in [-0.4, -0.2) is 25.8 Å². The summed E-state index contributed by atoms with van der Waals surface area (Å²) in [6.07, 6.45) is 4.18. The molecule has 2 aromatic heterocycles. The van der Waals surface area contributed by atoms with Gasteiger partial charge in [0.2, 0.25) is 0 Å². The van der Waals surface area contributed by atoms with Crippen molar-refractivity contribution < 1.29 is 9.90 Å². The van der Waals surface area contributed by atoms with E-state index in [-0.39, 0.29) is 16.4 Å². The van der Waals surface area contributed by atoms with Gasteiger partial charge >= 0.3 is 5.97 Å². The lowest BCUT2D eigenvalue weighted by Crippen LogP contribution is -2.35. The fourth-order valence-electron chi connectivity index (χ4n) is 5.22. The molecule has 2 aliphatic carbocycles. The van der Waals surface area contributed by atoms with Crippen molar-refractivity contribution in [2.45, 2.75) is 64.2 Å². The molecule has 0 fully saturated rings. The quantitative estimate of drug-likeness (QED) is 0.617. The normalized spacial score (nSPS) is 18.1. The minimum atomic E-state index is -0.914. The Hall–Kier alpha value is -2.95. The number of benzene rings is 1. The van der Waals surface area contributed by atoms with Gasteiger partial charge in [-0.1, -0.05) is 45.9 Å². The number of aromatic carboxylic acids is 1. The van der Waals surface area contributed by atoms with Gasteiger partial charge in [0, 0.05) is 23.6 Å². The first-order valence-corrected chi connectivity index (χ1v) is 11.0. The van der Waals surface area contributed by atoms with Gasteiger partial charge in [-0.25, -0.2) is 4.79 Å². The van der Waals surface area contributed by atoms with Crippen LogP contribution in [0.1, 0.15) is 73.3 Å². The molecule has 0 aliphatic heterocycles. The molecular formula is C26H29N3O2. The lowest BCUT2D eigenvalue weighted by Gasteiger charge is -2.41. The lowest BCUT2D eigenvalue weighted by atomic mass is 9.64. The van der Waals surface area contributed by atoms with Crippen LogP contribution in [0.2, 0.25) is 0 Å². The van der Waals surface area contributed by atoms with Crippen molar-refractivity contribution in [1.82, 2.24) is 14.8 Å². The largest absolute Gasteiger partial charge is 0.478 e. The third kappa shape index (κ3) is 3.01. The van der Waals surface area contributed by atoms with Gasteiger partial charge in [0.15, 0.2) is 0 Å². The maximum absolute atomic E-state index is 11.2. The molecule has 160 valence electrons. The second-order valence-corrected chi connectivity index (χ2v) is 10.3. The fraction of sp³-hybridized carbons (Fsp3) is 0.423. The Kier molecular flexibility index (Phi) is 4.20. The summed E-state index contributed by atoms with van der Waals surface area (Å²) < 4.78 is 1.95. The molecule has 0 radical (unpaired) electrons. The molecule has 0 amide bonds. The number of rotatable bonds is 2. The van der Waals surface area contributed by atoms with E-state index in [9.17, 15) is 9.90 Å². The summed E-state index contributed by atoms with van der Waals surface area (Å²) in [5, 5.41) is 14.0. The molecule has 1 N–H and O–H groups in total. The van der Waals surface area contributed by atoms with E-state index < -0.39 is 5.97 Å². The molecule has 0 unspecified atom stereocenters. The van der Waals surface area contributed by atoms with Crippen molar-refractivity contribution >= 4 is 5.97 Å². The van der Waals surface area contributed by atoms with Gasteiger partial charge in [-0.2, -0.15) is 5.10 Å². The van der Waals surface area contributed by atoms with Crippen LogP contribution >= 0.6 is 0 Å². The highest BCUT2D eigenvalue weighted by molar-refractivity contribution is 5.88. The Bertz CT molecular complexity index is 1220. The van der Waals surface area contributed by atoms with Crippen molar-refractivity contribution in [3.63, 3.8) is 0 Å². The van der Waals surface area contributed by atoms with Crippen LogP contribution in [-0.2, 0) is 30.7 Å². The maximum atomic E-state index is 11.2. The average Bonchev–Trinajstić information content (AvgIpc) is 3.07. The van der Waals surface area contributed by atoms with Gasteiger partial charge < -0.3 is 5.11 Å². The van der Waals surface area contributed by atoms with Crippen LogP contribution < -0.4 is 0 Å². The molecule has 0 saturated heterocycles. The zero-order valence-corrected chi connectivity index (χ0v) is 18.9. The monoisotopic (exact) mass is 415 g/mol. The first-order valence-electron chi connectivity index (χ1n) is 11.0. The van der Waals surface area contributed by atoms with E-state index in [1.807, 2.05) is 23.9 Å². The predicted octanol–water partition coefficient (Wildman–Crippen LogP) is 5.29. The van der Waals surface area contributed by atoms with E-state index >= 15 is 0 Å². The lowest BCUT2D eigenvalue weighted by molar-refractivity contribution is 0.0697. The smallest absolute Gasteiger partial charge is 0.335 e. The minimum absolute atomic E-state index is 0.0611. The highest BCUT2D eigenvalue weighted by Gasteiger charge is 2.40. The number of carboxylic acids is 1. The minimum Gasteiger partial charge on any atom is -0.478 e. The summed E-state index contributed by atoms with van der Waals surface area (Å²) >= 11 is 0. The second kappa shape index (κ2) is 6.52. The molecule has 0 spiro atoms. The zero-order valence-electron chi connectivity index (χ0n) is 18.9. The summed E-state index contributed by atoms with van der Waals surface area (Å²) in [4.78, 5) is 16.5. The number of aryl methyl sites for hydroxylation is 2. The number of carbonyl (C=O) groups is 1. The Morgan fingerprint density at radius 2 is 1.68 bits per heavy atom. The van der Waals surface area contributed by atoms with Crippen LogP contribution in [0.5, 0.6) is 0 Å². The molecule has 0 bridgehead atoms. The van der Waals surface area contributed by atoms with Crippen LogP contribution in [0.3, 0.4) is 0 Å². The number of pyridine rings is 1. The summed E-state index contributed by atoms with van der Waals surface area (Å²) in [5.74, 6) is -0.914. The van der Waals surface area contributed by atoms with E-state index in [0.29, 0.717) is 0 Å².